The molecule has 0 bridgehead atoms. The lowest BCUT2D eigenvalue weighted by Crippen LogP contribution is -2.65. The topological polar surface area (TPSA) is 71.8 Å². The van der Waals surface area contributed by atoms with Crippen LogP contribution >= 0.6 is 11.8 Å². The fourth-order valence-corrected chi connectivity index (χ4v) is 18.3. The molecule has 0 saturated carbocycles. The predicted octanol–water partition coefficient (Wildman–Crippen LogP) is 4.57. The molecule has 0 spiro atoms. The molecule has 4 rings (SSSR count). The van der Waals surface area contributed by atoms with Crippen molar-refractivity contribution in [2.75, 3.05) is 6.61 Å². The van der Waals surface area contributed by atoms with Gasteiger partial charge in [-0.15, -0.1) is 11.8 Å². The molecule has 3 aliphatic heterocycles. The van der Waals surface area contributed by atoms with Gasteiger partial charge in [-0.3, -0.25) is 9.36 Å². The van der Waals surface area contributed by atoms with Crippen LogP contribution in [0.1, 0.15) is 60.8 Å². The molecule has 0 aliphatic carbocycles. The summed E-state index contributed by atoms with van der Waals surface area (Å²) in [5, 5.41) is 0.181. The maximum Gasteiger partial charge on any atom is 0.335 e. The van der Waals surface area contributed by atoms with Gasteiger partial charge in [0, 0.05) is 12.3 Å². The van der Waals surface area contributed by atoms with Crippen molar-refractivity contribution in [1.82, 2.24) is 9.55 Å². The van der Waals surface area contributed by atoms with Gasteiger partial charge in [0.1, 0.15) is 11.5 Å². The van der Waals surface area contributed by atoms with Gasteiger partial charge >= 0.3 is 23.1 Å². The highest BCUT2D eigenvalue weighted by Crippen LogP contribution is 2.54. The first-order chi connectivity index (χ1) is 14.5. The minimum absolute atomic E-state index is 0.0278. The fourth-order valence-electron chi connectivity index (χ4n) is 5.27. The highest BCUT2D eigenvalue weighted by atomic mass is 32.2. The third kappa shape index (κ3) is 3.67. The first-order valence-electron chi connectivity index (χ1n) is 11.4. The fraction of sp³-hybridized carbons (Fsp3) is 0.810. The molecule has 0 N–H and O–H groups in total. The van der Waals surface area contributed by atoms with Crippen LogP contribution in [-0.4, -0.2) is 50.7 Å². The number of ether oxygens (including phenoxy) is 1. The summed E-state index contributed by atoms with van der Waals surface area (Å²) in [5.74, 6) is 0. The number of thioether (sulfide) groups is 1. The minimum Gasteiger partial charge on any atom is -0.455 e. The van der Waals surface area contributed by atoms with Crippen LogP contribution in [0.5, 0.6) is 6.01 Å². The number of hydrogen-bond donors (Lipinski definition) is 0. The highest BCUT2D eigenvalue weighted by Gasteiger charge is 2.63. The van der Waals surface area contributed by atoms with E-state index in [0.717, 1.165) is 0 Å². The molecule has 7 nitrogen and oxygen atoms in total. The van der Waals surface area contributed by atoms with Gasteiger partial charge < -0.3 is 17.7 Å². The molecule has 0 amide bonds. The third-order valence-corrected chi connectivity index (χ3v) is 18.7. The Morgan fingerprint density at radius 3 is 2.19 bits per heavy atom. The van der Waals surface area contributed by atoms with Gasteiger partial charge in [0.2, 0.25) is 0 Å². The van der Waals surface area contributed by atoms with Crippen molar-refractivity contribution in [3.8, 4) is 6.01 Å². The van der Waals surface area contributed by atoms with Gasteiger partial charge in [-0.1, -0.05) is 55.4 Å². The molecule has 10 heteroatoms. The Kier molecular flexibility index (Phi) is 6.28. The first-order valence-corrected chi connectivity index (χ1v) is 16.3. The summed E-state index contributed by atoms with van der Waals surface area (Å²) < 4.78 is 29.5. The van der Waals surface area contributed by atoms with Crippen molar-refractivity contribution in [2.24, 2.45) is 0 Å². The van der Waals surface area contributed by atoms with Crippen LogP contribution in [0.2, 0.25) is 22.2 Å². The van der Waals surface area contributed by atoms with Gasteiger partial charge in [-0.25, -0.2) is 0 Å². The van der Waals surface area contributed by atoms with Gasteiger partial charge in [0.05, 0.1) is 11.9 Å². The molecule has 1 aromatic heterocycles. The van der Waals surface area contributed by atoms with Crippen LogP contribution in [0.25, 0.3) is 0 Å². The average Bonchev–Trinajstić information content (AvgIpc) is 3.16. The number of hydrogen-bond acceptors (Lipinski definition) is 7. The van der Waals surface area contributed by atoms with Crippen molar-refractivity contribution in [2.45, 2.75) is 100 Å². The zero-order valence-corrected chi connectivity index (χ0v) is 22.6. The standard InChI is InChI=1S/C21H36N2O5SSi2/c1-12(2)30(13(3)4)25-11-16-18(27-31(28-30,14(5)6)15(7)8)19-20(29-16)23-10-9-17(24)22-21(23)26-19/h9-10,12-16,18-20H,11H2,1-8H3/t16-,18-,19?,20-/m1/s1. The van der Waals surface area contributed by atoms with Crippen LogP contribution in [0.3, 0.4) is 0 Å². The van der Waals surface area contributed by atoms with Crippen LogP contribution in [0, 0.1) is 0 Å². The number of aromatic nitrogens is 2. The van der Waals surface area contributed by atoms with Crippen LogP contribution in [-0.2, 0) is 13.0 Å². The molecule has 31 heavy (non-hydrogen) atoms. The number of nitrogens with zero attached hydrogens (tertiary/aromatic N) is 2. The predicted molar refractivity (Wildman–Crippen MR) is 127 cm³/mol. The lowest BCUT2D eigenvalue weighted by molar-refractivity contribution is 0.0151. The molecule has 3 aliphatic rings. The molecule has 1 unspecified atom stereocenters. The largest absolute Gasteiger partial charge is 0.455 e. The Balaban J connectivity index is 1.76. The second-order valence-corrected chi connectivity index (χ2v) is 20.4. The van der Waals surface area contributed by atoms with E-state index in [-0.39, 0.29) is 39.5 Å². The molecule has 0 aromatic carbocycles. The third-order valence-electron chi connectivity index (χ3n) is 6.94. The Morgan fingerprint density at radius 1 is 1.00 bits per heavy atom. The maximum absolute atomic E-state index is 11.7. The van der Waals surface area contributed by atoms with E-state index in [1.54, 1.807) is 6.20 Å². The zero-order valence-electron chi connectivity index (χ0n) is 19.8. The van der Waals surface area contributed by atoms with Crippen molar-refractivity contribution in [1.29, 1.82) is 0 Å². The molecule has 174 valence electrons. The first kappa shape index (κ1) is 23.5. The summed E-state index contributed by atoms with van der Waals surface area (Å²) in [6.07, 6.45) is 1.43. The van der Waals surface area contributed by atoms with Crippen molar-refractivity contribution in [3.63, 3.8) is 0 Å². The van der Waals surface area contributed by atoms with E-state index in [2.05, 4.69) is 60.4 Å². The van der Waals surface area contributed by atoms with Gasteiger partial charge in [-0.2, -0.15) is 4.98 Å². The average molecular weight is 485 g/mol. The van der Waals surface area contributed by atoms with E-state index in [1.807, 2.05) is 16.3 Å². The van der Waals surface area contributed by atoms with E-state index < -0.39 is 17.1 Å². The molecule has 2 saturated heterocycles. The van der Waals surface area contributed by atoms with Crippen molar-refractivity contribution >= 4 is 28.9 Å². The molecule has 1 aromatic rings. The lowest BCUT2D eigenvalue weighted by Gasteiger charge is -2.51. The summed E-state index contributed by atoms with van der Waals surface area (Å²) in [6.45, 7) is 18.5. The van der Waals surface area contributed by atoms with Gasteiger partial charge in [-0.05, 0) is 22.2 Å². The van der Waals surface area contributed by atoms with Gasteiger partial charge in [0.15, 0.2) is 6.10 Å². The van der Waals surface area contributed by atoms with Crippen molar-refractivity contribution < 1.29 is 17.7 Å². The summed E-state index contributed by atoms with van der Waals surface area (Å²) in [7, 11) is -5.22. The smallest absolute Gasteiger partial charge is 0.335 e. The summed E-state index contributed by atoms with van der Waals surface area (Å²) in [5.41, 5.74) is 0.913. The van der Waals surface area contributed by atoms with Crippen LogP contribution < -0.4 is 10.3 Å². The Labute approximate surface area is 191 Å². The normalized spacial score (nSPS) is 31.4. The Bertz CT molecular complexity index is 862. The van der Waals surface area contributed by atoms with E-state index in [9.17, 15) is 4.79 Å². The maximum atomic E-state index is 11.7. The number of rotatable bonds is 4. The second-order valence-electron chi connectivity index (χ2n) is 10.2. The van der Waals surface area contributed by atoms with Crippen molar-refractivity contribution in [3.05, 3.63) is 22.6 Å². The second kappa shape index (κ2) is 8.28. The SMILES string of the molecule is CC(C)[Si]1(C(C)C)OC[C@H]2S[C@@H]3C(Oc4nc(=O)ccn43)[C@@H]2O[Si](C(C)C)(C(C)C)O1. The quantitative estimate of drug-likeness (QED) is 0.580. The highest BCUT2D eigenvalue weighted by molar-refractivity contribution is 8.00. The van der Waals surface area contributed by atoms with Crippen LogP contribution in [0.4, 0.5) is 0 Å². The molecular formula is C21H36N2O5SSi2. The summed E-state index contributed by atoms with van der Waals surface area (Å²) in [6, 6.07) is 1.88. The Morgan fingerprint density at radius 2 is 1.61 bits per heavy atom. The monoisotopic (exact) mass is 484 g/mol. The van der Waals surface area contributed by atoms with E-state index in [4.69, 9.17) is 17.7 Å². The molecule has 4 heterocycles. The van der Waals surface area contributed by atoms with E-state index >= 15 is 0 Å². The summed E-state index contributed by atoms with van der Waals surface area (Å²) >= 11 is 1.82. The molecule has 0 radical (unpaired) electrons. The lowest BCUT2D eigenvalue weighted by atomic mass is 10.1. The van der Waals surface area contributed by atoms with E-state index in [0.29, 0.717) is 23.7 Å². The molecule has 4 atom stereocenters. The molecular weight excluding hydrogens is 448 g/mol. The molecule has 2 fully saturated rings. The minimum atomic E-state index is -2.69. The van der Waals surface area contributed by atoms with Crippen LogP contribution in [0.15, 0.2) is 17.1 Å². The van der Waals surface area contributed by atoms with Gasteiger partial charge in [0.25, 0.3) is 5.56 Å². The van der Waals surface area contributed by atoms with E-state index in [1.165, 1.54) is 6.07 Å². The number of fused-ring (bicyclic) bond motifs is 5. The Hall–Kier alpha value is -0.656. The zero-order chi connectivity index (χ0) is 22.7. The summed E-state index contributed by atoms with van der Waals surface area (Å²) in [4.78, 5) is 15.8.